The van der Waals surface area contributed by atoms with Gasteiger partial charge >= 0.3 is 12.2 Å². The highest BCUT2D eigenvalue weighted by molar-refractivity contribution is 5.73. The minimum absolute atomic E-state index is 0.0970. The molecule has 1 spiro atoms. The van der Waals surface area contributed by atoms with Crippen LogP contribution in [0.4, 0.5) is 18.0 Å². The number of carbonyl (C=O) groups excluding carboxylic acids is 1. The van der Waals surface area contributed by atoms with Gasteiger partial charge in [0.05, 0.1) is 0 Å². The first-order valence-electron chi connectivity index (χ1n) is 7.79. The normalized spacial score (nSPS) is 22.1. The maximum absolute atomic E-state index is 12.3. The number of hydrogen-bond donors (Lipinski definition) is 2. The quantitative estimate of drug-likeness (QED) is 0.893. The zero-order valence-electron chi connectivity index (χ0n) is 12.6. The Balaban J connectivity index is 1.42. The second kappa shape index (κ2) is 5.98. The minimum atomic E-state index is -4.55. The molecule has 1 atom stereocenters. The highest BCUT2D eigenvalue weighted by atomic mass is 19.4. The van der Waals surface area contributed by atoms with Crippen LogP contribution in [0.2, 0.25) is 0 Å². The van der Waals surface area contributed by atoms with Crippen LogP contribution in [0.15, 0.2) is 12.4 Å². The molecule has 2 amide bonds. The lowest BCUT2D eigenvalue weighted by molar-refractivity contribution is -0.145. The zero-order valence-corrected chi connectivity index (χ0v) is 12.6. The Morgan fingerprint density at radius 1 is 1.22 bits per heavy atom. The molecule has 0 saturated heterocycles. The molecule has 5 nitrogen and oxygen atoms in total. The largest absolute Gasteiger partial charge is 0.451 e. The van der Waals surface area contributed by atoms with Crippen LogP contribution in [0.1, 0.15) is 43.5 Å². The van der Waals surface area contributed by atoms with Crippen LogP contribution >= 0.6 is 0 Å². The van der Waals surface area contributed by atoms with Gasteiger partial charge in [-0.3, -0.25) is 0 Å². The SMILES string of the molecule is O=C(NCc1cnc(C(F)(F)F)nc1)NCC1CCCC12CC2. The van der Waals surface area contributed by atoms with E-state index in [2.05, 4.69) is 20.6 Å². The first kappa shape index (κ1) is 16.0. The summed E-state index contributed by atoms with van der Waals surface area (Å²) < 4.78 is 37.0. The van der Waals surface area contributed by atoms with E-state index in [-0.39, 0.29) is 12.6 Å². The second-order valence-electron chi connectivity index (χ2n) is 6.43. The van der Waals surface area contributed by atoms with E-state index >= 15 is 0 Å². The molecular formula is C15H19F3N4O. The average Bonchev–Trinajstić information content (AvgIpc) is 3.17. The molecule has 2 aliphatic rings. The van der Waals surface area contributed by atoms with Crippen molar-refractivity contribution in [3.8, 4) is 0 Å². The molecular weight excluding hydrogens is 309 g/mol. The molecule has 1 heterocycles. The number of urea groups is 1. The lowest BCUT2D eigenvalue weighted by Gasteiger charge is -2.19. The van der Waals surface area contributed by atoms with Crippen molar-refractivity contribution in [2.45, 2.75) is 44.8 Å². The number of alkyl halides is 3. The number of nitrogens with zero attached hydrogens (tertiary/aromatic N) is 2. The second-order valence-corrected chi connectivity index (χ2v) is 6.43. The molecule has 23 heavy (non-hydrogen) atoms. The Morgan fingerprint density at radius 3 is 2.52 bits per heavy atom. The number of nitrogens with one attached hydrogen (secondary N) is 2. The van der Waals surface area contributed by atoms with E-state index in [0.717, 1.165) is 18.8 Å². The van der Waals surface area contributed by atoms with Crippen LogP contribution in [0, 0.1) is 11.3 Å². The maximum atomic E-state index is 12.3. The van der Waals surface area contributed by atoms with Crippen molar-refractivity contribution < 1.29 is 18.0 Å². The highest BCUT2D eigenvalue weighted by Crippen LogP contribution is 2.60. The van der Waals surface area contributed by atoms with E-state index in [1.54, 1.807) is 0 Å². The molecule has 1 unspecified atom stereocenters. The standard InChI is InChI=1S/C15H19F3N4O/c16-15(17,18)12-19-6-10(7-20-12)8-21-13(23)22-9-11-2-1-3-14(11)4-5-14/h6-7,11H,1-5,8-9H2,(H2,21,22,23). The summed E-state index contributed by atoms with van der Waals surface area (Å²) >= 11 is 0. The number of aromatic nitrogens is 2. The van der Waals surface area contributed by atoms with E-state index < -0.39 is 12.0 Å². The lowest BCUT2D eigenvalue weighted by atomic mass is 9.93. The number of hydrogen-bond acceptors (Lipinski definition) is 3. The Kier molecular flexibility index (Phi) is 4.16. The third-order valence-electron chi connectivity index (χ3n) is 4.91. The maximum Gasteiger partial charge on any atom is 0.451 e. The summed E-state index contributed by atoms with van der Waals surface area (Å²) in [5, 5.41) is 5.47. The molecule has 0 radical (unpaired) electrons. The third-order valence-corrected chi connectivity index (χ3v) is 4.91. The molecule has 1 aromatic heterocycles. The summed E-state index contributed by atoms with van der Waals surface area (Å²) in [4.78, 5) is 18.3. The summed E-state index contributed by atoms with van der Waals surface area (Å²) in [5.41, 5.74) is 0.904. The molecule has 8 heteroatoms. The topological polar surface area (TPSA) is 66.9 Å². The van der Waals surface area contributed by atoms with Crippen LogP contribution in [0.25, 0.3) is 0 Å². The molecule has 2 fully saturated rings. The summed E-state index contributed by atoms with van der Waals surface area (Å²) in [6.45, 7) is 0.759. The third kappa shape index (κ3) is 3.73. The Hall–Kier alpha value is -1.86. The zero-order chi connectivity index (χ0) is 16.5. The van der Waals surface area contributed by atoms with Gasteiger partial charge in [-0.05, 0) is 37.0 Å². The van der Waals surface area contributed by atoms with E-state index in [1.807, 2.05) is 0 Å². The van der Waals surface area contributed by atoms with Crippen molar-refractivity contribution in [3.05, 3.63) is 23.8 Å². The molecule has 0 aromatic carbocycles. The van der Waals surface area contributed by atoms with Crippen LogP contribution in [0.3, 0.4) is 0 Å². The van der Waals surface area contributed by atoms with Crippen LogP contribution < -0.4 is 10.6 Å². The molecule has 0 bridgehead atoms. The summed E-state index contributed by atoms with van der Waals surface area (Å²) in [7, 11) is 0. The van der Waals surface area contributed by atoms with Gasteiger partial charge in [0, 0.05) is 31.0 Å². The van der Waals surface area contributed by atoms with Crippen molar-refractivity contribution in [1.82, 2.24) is 20.6 Å². The minimum Gasteiger partial charge on any atom is -0.338 e. The smallest absolute Gasteiger partial charge is 0.338 e. The first-order valence-corrected chi connectivity index (χ1v) is 7.79. The molecule has 2 aliphatic carbocycles. The monoisotopic (exact) mass is 328 g/mol. The van der Waals surface area contributed by atoms with Gasteiger partial charge in [-0.2, -0.15) is 13.2 Å². The van der Waals surface area contributed by atoms with Crippen molar-refractivity contribution in [1.29, 1.82) is 0 Å². The van der Waals surface area contributed by atoms with Crippen molar-refractivity contribution in [2.75, 3.05) is 6.54 Å². The summed E-state index contributed by atoms with van der Waals surface area (Å²) in [5.74, 6) is -0.621. The number of rotatable bonds is 4. The van der Waals surface area contributed by atoms with Crippen molar-refractivity contribution in [2.24, 2.45) is 11.3 Å². The van der Waals surface area contributed by atoms with Gasteiger partial charge in [0.25, 0.3) is 0 Å². The predicted octanol–water partition coefficient (Wildman–Crippen LogP) is 2.87. The van der Waals surface area contributed by atoms with Crippen molar-refractivity contribution in [3.63, 3.8) is 0 Å². The highest BCUT2D eigenvalue weighted by Gasteiger charge is 2.51. The number of halogens is 3. The van der Waals surface area contributed by atoms with Gasteiger partial charge < -0.3 is 10.6 Å². The first-order chi connectivity index (χ1) is 10.9. The molecule has 2 saturated carbocycles. The summed E-state index contributed by atoms with van der Waals surface area (Å²) in [6, 6.07) is -0.312. The van der Waals surface area contributed by atoms with Gasteiger partial charge in [-0.1, -0.05) is 6.42 Å². The predicted molar refractivity (Wildman–Crippen MR) is 76.3 cm³/mol. The fourth-order valence-electron chi connectivity index (χ4n) is 3.40. The summed E-state index contributed by atoms with van der Waals surface area (Å²) in [6.07, 6.45) is 3.80. The molecule has 0 aliphatic heterocycles. The Bertz CT molecular complexity index is 569. The van der Waals surface area contributed by atoms with E-state index in [1.165, 1.54) is 25.7 Å². The molecule has 1 aromatic rings. The Labute approximate surface area is 132 Å². The van der Waals surface area contributed by atoms with Gasteiger partial charge in [-0.25, -0.2) is 14.8 Å². The van der Waals surface area contributed by atoms with E-state index in [9.17, 15) is 18.0 Å². The van der Waals surface area contributed by atoms with Crippen molar-refractivity contribution >= 4 is 6.03 Å². The van der Waals surface area contributed by atoms with Gasteiger partial charge in [0.1, 0.15) is 0 Å². The van der Waals surface area contributed by atoms with Crippen LogP contribution in [-0.2, 0) is 12.7 Å². The van der Waals surface area contributed by atoms with Gasteiger partial charge in [-0.15, -0.1) is 0 Å². The fraction of sp³-hybridized carbons (Fsp3) is 0.667. The van der Waals surface area contributed by atoms with Gasteiger partial charge in [0.15, 0.2) is 0 Å². The average molecular weight is 328 g/mol. The molecule has 126 valence electrons. The number of amides is 2. The van der Waals surface area contributed by atoms with Crippen LogP contribution in [0.5, 0.6) is 0 Å². The lowest BCUT2D eigenvalue weighted by Crippen LogP contribution is -2.38. The van der Waals surface area contributed by atoms with E-state index in [4.69, 9.17) is 0 Å². The van der Waals surface area contributed by atoms with Gasteiger partial charge in [0.2, 0.25) is 5.82 Å². The molecule has 3 rings (SSSR count). The van der Waals surface area contributed by atoms with E-state index in [0.29, 0.717) is 23.4 Å². The van der Waals surface area contributed by atoms with Crippen LogP contribution in [-0.4, -0.2) is 22.5 Å². The number of carbonyl (C=O) groups is 1. The fourth-order valence-corrected chi connectivity index (χ4v) is 3.40. The Morgan fingerprint density at radius 2 is 1.91 bits per heavy atom. The molecule has 2 N–H and O–H groups in total.